The smallest absolute Gasteiger partial charge is 0.261 e. The number of hydrogen-bond donors (Lipinski definition) is 0. The minimum Gasteiger partial charge on any atom is -0.340 e. The highest BCUT2D eigenvalue weighted by Gasteiger charge is 2.25. The molecule has 1 aromatic heterocycles. The summed E-state index contributed by atoms with van der Waals surface area (Å²) in [7, 11) is -3.18. The quantitative estimate of drug-likeness (QED) is 0.641. The first kappa shape index (κ1) is 20.5. The number of carbonyl (C=O) groups excluding carboxylic acids is 1. The van der Waals surface area contributed by atoms with E-state index in [1.807, 2.05) is 18.2 Å². The predicted octanol–water partition coefficient (Wildman–Crippen LogP) is 1.06. The van der Waals surface area contributed by atoms with Crippen LogP contribution >= 0.6 is 0 Å². The van der Waals surface area contributed by atoms with Gasteiger partial charge in [0, 0.05) is 39.1 Å². The van der Waals surface area contributed by atoms with Crippen LogP contribution in [0.25, 0.3) is 10.9 Å². The number of piperazine rings is 1. The summed E-state index contributed by atoms with van der Waals surface area (Å²) in [5, 5.41) is 0.619. The highest BCUT2D eigenvalue weighted by atomic mass is 32.2. The van der Waals surface area contributed by atoms with Gasteiger partial charge in [-0.15, -0.1) is 0 Å². The van der Waals surface area contributed by atoms with Crippen molar-refractivity contribution in [2.75, 3.05) is 32.4 Å². The van der Waals surface area contributed by atoms with Gasteiger partial charge in [0.2, 0.25) is 15.9 Å². The summed E-state index contributed by atoms with van der Waals surface area (Å²) >= 11 is 0. The lowest BCUT2D eigenvalue weighted by Crippen LogP contribution is -2.50. The molecule has 8 nitrogen and oxygen atoms in total. The van der Waals surface area contributed by atoms with E-state index in [9.17, 15) is 18.0 Å². The Morgan fingerprint density at radius 3 is 2.50 bits per heavy atom. The molecule has 1 amide bonds. The summed E-state index contributed by atoms with van der Waals surface area (Å²) in [4.78, 5) is 30.7. The summed E-state index contributed by atoms with van der Waals surface area (Å²) in [6.45, 7) is 2.21. The van der Waals surface area contributed by atoms with Crippen molar-refractivity contribution in [3.63, 3.8) is 0 Å². The normalized spacial score (nSPS) is 15.8. The number of aryl methyl sites for hydroxylation is 1. The summed E-state index contributed by atoms with van der Waals surface area (Å²) < 4.78 is 26.1. The minimum atomic E-state index is -3.18. The number of aromatic nitrogens is 2. The zero-order valence-electron chi connectivity index (χ0n) is 16.1. The summed E-state index contributed by atoms with van der Waals surface area (Å²) in [6.07, 6.45) is 5.62. The van der Waals surface area contributed by atoms with E-state index in [4.69, 9.17) is 0 Å². The standard InChI is InChI=1S/C19H26N4O4S/c1-28(26,27)23-13-11-21(12-14-23)18(24)9-3-2-6-10-22-15-20-17-8-5-4-7-16(17)19(22)25/h4-5,7-8,15H,2-3,6,9-14H2,1H3. The van der Waals surface area contributed by atoms with Gasteiger partial charge >= 0.3 is 0 Å². The maximum atomic E-state index is 12.4. The molecular formula is C19H26N4O4S. The van der Waals surface area contributed by atoms with Crippen LogP contribution in [0.2, 0.25) is 0 Å². The van der Waals surface area contributed by atoms with Crippen molar-refractivity contribution in [2.45, 2.75) is 32.2 Å². The zero-order valence-corrected chi connectivity index (χ0v) is 16.9. The highest BCUT2D eigenvalue weighted by Crippen LogP contribution is 2.10. The van der Waals surface area contributed by atoms with Crippen LogP contribution in [0.15, 0.2) is 35.4 Å². The molecule has 2 aromatic rings. The Morgan fingerprint density at radius 2 is 1.79 bits per heavy atom. The van der Waals surface area contributed by atoms with Crippen LogP contribution in [0.1, 0.15) is 25.7 Å². The number of hydrogen-bond acceptors (Lipinski definition) is 5. The second kappa shape index (κ2) is 8.83. The number of unbranched alkanes of at least 4 members (excludes halogenated alkanes) is 2. The fourth-order valence-corrected chi connectivity index (χ4v) is 4.25. The SMILES string of the molecule is CS(=O)(=O)N1CCN(C(=O)CCCCCn2cnc3ccccc3c2=O)CC1. The molecule has 0 radical (unpaired) electrons. The molecule has 0 N–H and O–H groups in total. The predicted molar refractivity (Wildman–Crippen MR) is 107 cm³/mol. The van der Waals surface area contributed by atoms with Crippen LogP contribution in [0.5, 0.6) is 0 Å². The molecule has 0 bridgehead atoms. The van der Waals surface area contributed by atoms with E-state index in [2.05, 4.69) is 4.98 Å². The van der Waals surface area contributed by atoms with Gasteiger partial charge in [-0.2, -0.15) is 4.31 Å². The van der Waals surface area contributed by atoms with Crippen molar-refractivity contribution in [1.29, 1.82) is 0 Å². The number of para-hydroxylation sites is 1. The molecule has 1 aliphatic heterocycles. The molecule has 0 atom stereocenters. The van der Waals surface area contributed by atoms with Crippen LogP contribution in [-0.4, -0.2) is 65.5 Å². The lowest BCUT2D eigenvalue weighted by Gasteiger charge is -2.33. The third-order valence-electron chi connectivity index (χ3n) is 5.08. The largest absolute Gasteiger partial charge is 0.340 e. The molecule has 0 unspecified atom stereocenters. The summed E-state index contributed by atoms with van der Waals surface area (Å²) in [5.74, 6) is 0.0673. The molecule has 1 fully saturated rings. The van der Waals surface area contributed by atoms with Gasteiger partial charge in [0.25, 0.3) is 5.56 Å². The molecule has 1 aromatic carbocycles. The first-order valence-corrected chi connectivity index (χ1v) is 11.4. The lowest BCUT2D eigenvalue weighted by molar-refractivity contribution is -0.132. The lowest BCUT2D eigenvalue weighted by atomic mass is 10.1. The maximum absolute atomic E-state index is 12.4. The molecule has 28 heavy (non-hydrogen) atoms. The fraction of sp³-hybridized carbons (Fsp3) is 0.526. The van der Waals surface area contributed by atoms with Crippen molar-refractivity contribution in [2.24, 2.45) is 0 Å². The molecule has 3 rings (SSSR count). The highest BCUT2D eigenvalue weighted by molar-refractivity contribution is 7.88. The Hall–Kier alpha value is -2.26. The van der Waals surface area contributed by atoms with Crippen molar-refractivity contribution in [3.05, 3.63) is 40.9 Å². The summed E-state index contributed by atoms with van der Waals surface area (Å²) in [6, 6.07) is 7.29. The van der Waals surface area contributed by atoms with E-state index in [-0.39, 0.29) is 11.5 Å². The number of amides is 1. The van der Waals surface area contributed by atoms with E-state index < -0.39 is 10.0 Å². The molecule has 2 heterocycles. The topological polar surface area (TPSA) is 92.6 Å². The molecule has 1 saturated heterocycles. The van der Waals surface area contributed by atoms with E-state index in [0.717, 1.165) is 19.3 Å². The molecule has 0 aliphatic carbocycles. The molecule has 152 valence electrons. The van der Waals surface area contributed by atoms with E-state index in [1.54, 1.807) is 21.9 Å². The minimum absolute atomic E-state index is 0.0366. The first-order chi connectivity index (χ1) is 13.4. The zero-order chi connectivity index (χ0) is 20.1. The van der Waals surface area contributed by atoms with Gasteiger partial charge in [0.15, 0.2) is 0 Å². The summed E-state index contributed by atoms with van der Waals surface area (Å²) in [5.41, 5.74) is 0.663. The second-order valence-electron chi connectivity index (χ2n) is 7.11. The van der Waals surface area contributed by atoms with Crippen molar-refractivity contribution in [1.82, 2.24) is 18.8 Å². The van der Waals surface area contributed by atoms with Gasteiger partial charge in [0.1, 0.15) is 0 Å². The Morgan fingerprint density at radius 1 is 1.07 bits per heavy atom. The van der Waals surface area contributed by atoms with Gasteiger partial charge in [-0.3, -0.25) is 14.2 Å². The molecule has 0 saturated carbocycles. The number of fused-ring (bicyclic) bond motifs is 1. The Bertz CT molecular complexity index is 994. The van der Waals surface area contributed by atoms with E-state index in [0.29, 0.717) is 50.0 Å². The Kier molecular flexibility index (Phi) is 6.46. The molecular weight excluding hydrogens is 380 g/mol. The number of sulfonamides is 1. The fourth-order valence-electron chi connectivity index (χ4n) is 3.43. The van der Waals surface area contributed by atoms with Crippen molar-refractivity contribution in [3.8, 4) is 0 Å². The first-order valence-electron chi connectivity index (χ1n) is 9.53. The number of nitrogens with zero attached hydrogens (tertiary/aromatic N) is 4. The Labute approximate surface area is 164 Å². The van der Waals surface area contributed by atoms with Gasteiger partial charge in [-0.05, 0) is 25.0 Å². The van der Waals surface area contributed by atoms with Gasteiger partial charge in [-0.1, -0.05) is 18.6 Å². The molecule has 1 aliphatic rings. The number of rotatable bonds is 7. The number of carbonyl (C=O) groups is 1. The Balaban J connectivity index is 1.40. The number of benzene rings is 1. The third kappa shape index (κ3) is 4.96. The van der Waals surface area contributed by atoms with E-state index >= 15 is 0 Å². The maximum Gasteiger partial charge on any atom is 0.261 e. The van der Waals surface area contributed by atoms with E-state index in [1.165, 1.54) is 10.6 Å². The van der Waals surface area contributed by atoms with Crippen molar-refractivity contribution < 1.29 is 13.2 Å². The third-order valence-corrected chi connectivity index (χ3v) is 6.38. The van der Waals surface area contributed by atoms with Crippen molar-refractivity contribution >= 4 is 26.8 Å². The van der Waals surface area contributed by atoms with Crippen LogP contribution in [-0.2, 0) is 21.4 Å². The van der Waals surface area contributed by atoms with Gasteiger partial charge in [-0.25, -0.2) is 13.4 Å². The monoisotopic (exact) mass is 406 g/mol. The van der Waals surface area contributed by atoms with Gasteiger partial charge in [0.05, 0.1) is 23.5 Å². The van der Waals surface area contributed by atoms with Crippen LogP contribution < -0.4 is 5.56 Å². The van der Waals surface area contributed by atoms with Gasteiger partial charge < -0.3 is 4.90 Å². The average molecular weight is 407 g/mol. The molecule has 0 spiro atoms. The second-order valence-corrected chi connectivity index (χ2v) is 9.10. The van der Waals surface area contributed by atoms with Crippen LogP contribution in [0.3, 0.4) is 0 Å². The van der Waals surface area contributed by atoms with Crippen LogP contribution in [0.4, 0.5) is 0 Å². The molecule has 9 heteroatoms. The average Bonchev–Trinajstić information content (AvgIpc) is 2.69. The van der Waals surface area contributed by atoms with Crippen LogP contribution in [0, 0.1) is 0 Å².